The van der Waals surface area contributed by atoms with Gasteiger partial charge >= 0.3 is 0 Å². The van der Waals surface area contributed by atoms with Crippen LogP contribution in [0, 0.1) is 13.8 Å². The van der Waals surface area contributed by atoms with Crippen molar-refractivity contribution in [2.75, 3.05) is 19.6 Å². The standard InChI is InChI=1S/C18H25N5O/c1-12(17-13(2)21-22(4)14(17)3)18(24)23-9-8-20-11-16(23)15-6-5-7-19-10-15/h5-7,10,12,16,20H,8-9,11H2,1-4H3. The summed E-state index contributed by atoms with van der Waals surface area (Å²) in [6, 6.07) is 3.99. The Labute approximate surface area is 142 Å². The summed E-state index contributed by atoms with van der Waals surface area (Å²) in [7, 11) is 1.92. The Morgan fingerprint density at radius 1 is 1.42 bits per heavy atom. The number of hydrogen-bond acceptors (Lipinski definition) is 4. The summed E-state index contributed by atoms with van der Waals surface area (Å²) in [6.07, 6.45) is 3.61. The molecular formula is C18H25N5O. The average Bonchev–Trinajstić information content (AvgIpc) is 2.86. The Bertz CT molecular complexity index is 725. The number of hydrogen-bond donors (Lipinski definition) is 1. The first-order chi connectivity index (χ1) is 11.5. The van der Waals surface area contributed by atoms with Crippen LogP contribution in [0.4, 0.5) is 0 Å². The average molecular weight is 327 g/mol. The monoisotopic (exact) mass is 327 g/mol. The normalized spacial score (nSPS) is 19.3. The summed E-state index contributed by atoms with van der Waals surface area (Å²) in [6.45, 7) is 8.27. The fraction of sp³-hybridized carbons (Fsp3) is 0.500. The van der Waals surface area contributed by atoms with Crippen molar-refractivity contribution in [1.29, 1.82) is 0 Å². The predicted octanol–water partition coefficient (Wildman–Crippen LogP) is 1.71. The molecule has 1 saturated heterocycles. The van der Waals surface area contributed by atoms with Gasteiger partial charge in [-0.05, 0) is 32.4 Å². The van der Waals surface area contributed by atoms with Crippen LogP contribution in [0.5, 0.6) is 0 Å². The maximum absolute atomic E-state index is 13.2. The Morgan fingerprint density at radius 2 is 2.21 bits per heavy atom. The molecule has 0 aliphatic carbocycles. The lowest BCUT2D eigenvalue weighted by Gasteiger charge is -2.38. The summed E-state index contributed by atoms with van der Waals surface area (Å²) in [5.41, 5.74) is 4.11. The lowest BCUT2D eigenvalue weighted by molar-refractivity contribution is -0.135. The molecule has 24 heavy (non-hydrogen) atoms. The van der Waals surface area contributed by atoms with Crippen molar-refractivity contribution in [3.8, 4) is 0 Å². The van der Waals surface area contributed by atoms with Gasteiger partial charge in [0.2, 0.25) is 5.91 Å². The molecule has 0 spiro atoms. The van der Waals surface area contributed by atoms with E-state index in [4.69, 9.17) is 0 Å². The molecule has 6 heteroatoms. The number of nitrogens with zero attached hydrogens (tertiary/aromatic N) is 4. The van der Waals surface area contributed by atoms with Gasteiger partial charge in [0.15, 0.2) is 0 Å². The highest BCUT2D eigenvalue weighted by Gasteiger charge is 2.33. The van der Waals surface area contributed by atoms with Gasteiger partial charge in [-0.3, -0.25) is 14.5 Å². The van der Waals surface area contributed by atoms with Crippen LogP contribution in [0.25, 0.3) is 0 Å². The van der Waals surface area contributed by atoms with E-state index in [2.05, 4.69) is 15.4 Å². The first kappa shape index (κ1) is 16.6. The van der Waals surface area contributed by atoms with Crippen LogP contribution in [0.3, 0.4) is 0 Å². The van der Waals surface area contributed by atoms with Crippen LogP contribution in [-0.4, -0.2) is 45.2 Å². The molecule has 128 valence electrons. The number of rotatable bonds is 3. The highest BCUT2D eigenvalue weighted by Crippen LogP contribution is 2.29. The van der Waals surface area contributed by atoms with Crippen molar-refractivity contribution in [1.82, 2.24) is 25.0 Å². The molecule has 0 saturated carbocycles. The summed E-state index contributed by atoms with van der Waals surface area (Å²) in [4.78, 5) is 19.4. The molecule has 1 aliphatic heterocycles. The minimum absolute atomic E-state index is 0.0275. The molecule has 2 atom stereocenters. The van der Waals surface area contributed by atoms with Crippen LogP contribution < -0.4 is 5.32 Å². The SMILES string of the molecule is Cc1nn(C)c(C)c1C(C)C(=O)N1CCNCC1c1cccnc1. The molecule has 1 aliphatic rings. The molecule has 1 fully saturated rings. The third-order valence-corrected chi connectivity index (χ3v) is 4.96. The van der Waals surface area contributed by atoms with E-state index < -0.39 is 0 Å². The molecular weight excluding hydrogens is 302 g/mol. The maximum atomic E-state index is 13.2. The van der Waals surface area contributed by atoms with Crippen molar-refractivity contribution >= 4 is 5.91 Å². The highest BCUT2D eigenvalue weighted by molar-refractivity contribution is 5.84. The van der Waals surface area contributed by atoms with E-state index in [-0.39, 0.29) is 17.9 Å². The van der Waals surface area contributed by atoms with Gasteiger partial charge in [-0.15, -0.1) is 0 Å². The fourth-order valence-electron chi connectivity index (χ4n) is 3.63. The molecule has 2 aromatic heterocycles. The number of pyridine rings is 1. The Balaban J connectivity index is 1.89. The molecule has 2 aromatic rings. The van der Waals surface area contributed by atoms with E-state index >= 15 is 0 Å². The molecule has 1 amide bonds. The van der Waals surface area contributed by atoms with Crippen molar-refractivity contribution in [3.05, 3.63) is 47.0 Å². The van der Waals surface area contributed by atoms with E-state index in [0.29, 0.717) is 6.54 Å². The quantitative estimate of drug-likeness (QED) is 0.932. The third kappa shape index (κ3) is 2.94. The lowest BCUT2D eigenvalue weighted by atomic mass is 9.95. The molecule has 2 unspecified atom stereocenters. The summed E-state index contributed by atoms with van der Waals surface area (Å²) >= 11 is 0. The van der Waals surface area contributed by atoms with Crippen molar-refractivity contribution in [2.24, 2.45) is 7.05 Å². The Kier molecular flexibility index (Phi) is 4.66. The van der Waals surface area contributed by atoms with E-state index in [1.165, 1.54) is 0 Å². The second-order valence-corrected chi connectivity index (χ2v) is 6.47. The topological polar surface area (TPSA) is 63.1 Å². The van der Waals surface area contributed by atoms with Crippen LogP contribution in [0.2, 0.25) is 0 Å². The summed E-state index contributed by atoms with van der Waals surface area (Å²) < 4.78 is 1.85. The summed E-state index contributed by atoms with van der Waals surface area (Å²) in [5, 5.41) is 7.85. The van der Waals surface area contributed by atoms with Crippen molar-refractivity contribution < 1.29 is 4.79 Å². The van der Waals surface area contributed by atoms with Crippen molar-refractivity contribution in [2.45, 2.75) is 32.7 Å². The molecule has 1 N–H and O–H groups in total. The molecule has 3 rings (SSSR count). The molecule has 0 bridgehead atoms. The van der Waals surface area contributed by atoms with Crippen LogP contribution >= 0.6 is 0 Å². The zero-order chi connectivity index (χ0) is 17.3. The van der Waals surface area contributed by atoms with Gasteiger partial charge in [-0.2, -0.15) is 5.10 Å². The van der Waals surface area contributed by atoms with Gasteiger partial charge in [0.05, 0.1) is 17.7 Å². The number of aromatic nitrogens is 3. The van der Waals surface area contributed by atoms with Gasteiger partial charge in [0.1, 0.15) is 0 Å². The smallest absolute Gasteiger partial charge is 0.230 e. The zero-order valence-corrected chi connectivity index (χ0v) is 14.8. The number of piperazine rings is 1. The van der Waals surface area contributed by atoms with E-state index in [1.807, 2.05) is 55.7 Å². The first-order valence-electron chi connectivity index (χ1n) is 8.42. The minimum atomic E-state index is -0.198. The van der Waals surface area contributed by atoms with Crippen molar-refractivity contribution in [3.63, 3.8) is 0 Å². The first-order valence-corrected chi connectivity index (χ1v) is 8.42. The van der Waals surface area contributed by atoms with Gasteiger partial charge in [-0.25, -0.2) is 0 Å². The molecule has 6 nitrogen and oxygen atoms in total. The number of nitrogens with one attached hydrogen (secondary N) is 1. The van der Waals surface area contributed by atoms with Crippen LogP contribution in [0.15, 0.2) is 24.5 Å². The van der Waals surface area contributed by atoms with Gasteiger partial charge in [0, 0.05) is 50.3 Å². The van der Waals surface area contributed by atoms with Gasteiger partial charge in [0.25, 0.3) is 0 Å². The number of amides is 1. The Morgan fingerprint density at radius 3 is 2.83 bits per heavy atom. The third-order valence-electron chi connectivity index (χ3n) is 4.96. The van der Waals surface area contributed by atoms with E-state index in [0.717, 1.165) is 35.6 Å². The molecule has 0 radical (unpaired) electrons. The Hall–Kier alpha value is -2.21. The van der Waals surface area contributed by atoms with E-state index in [1.54, 1.807) is 6.20 Å². The second kappa shape index (κ2) is 6.73. The second-order valence-electron chi connectivity index (χ2n) is 6.47. The van der Waals surface area contributed by atoms with Crippen LogP contribution in [0.1, 0.15) is 41.4 Å². The van der Waals surface area contributed by atoms with Gasteiger partial charge < -0.3 is 10.2 Å². The lowest BCUT2D eigenvalue weighted by Crippen LogP contribution is -2.50. The van der Waals surface area contributed by atoms with Crippen LogP contribution in [-0.2, 0) is 11.8 Å². The largest absolute Gasteiger partial charge is 0.333 e. The highest BCUT2D eigenvalue weighted by atomic mass is 16.2. The zero-order valence-electron chi connectivity index (χ0n) is 14.8. The number of carbonyl (C=O) groups is 1. The predicted molar refractivity (Wildman–Crippen MR) is 92.7 cm³/mol. The molecule has 0 aromatic carbocycles. The number of aryl methyl sites for hydroxylation is 2. The maximum Gasteiger partial charge on any atom is 0.230 e. The van der Waals surface area contributed by atoms with E-state index in [9.17, 15) is 4.79 Å². The minimum Gasteiger partial charge on any atom is -0.333 e. The summed E-state index contributed by atoms with van der Waals surface area (Å²) in [5.74, 6) is -0.0412. The molecule has 3 heterocycles. The fourth-order valence-corrected chi connectivity index (χ4v) is 3.63. The van der Waals surface area contributed by atoms with Gasteiger partial charge in [-0.1, -0.05) is 6.07 Å². The number of carbonyl (C=O) groups excluding carboxylic acids is 1.